The van der Waals surface area contributed by atoms with Gasteiger partial charge in [-0.3, -0.25) is 9.59 Å². The number of thiophene rings is 1. The van der Waals surface area contributed by atoms with Gasteiger partial charge in [-0.1, -0.05) is 12.1 Å². The minimum Gasteiger partial charge on any atom is -0.351 e. The van der Waals surface area contributed by atoms with Crippen LogP contribution in [-0.4, -0.2) is 33.1 Å². The molecule has 1 atom stereocenters. The lowest BCUT2D eigenvalue weighted by molar-refractivity contribution is -0.121. The summed E-state index contributed by atoms with van der Waals surface area (Å²) in [5.74, 6) is -0.265. The van der Waals surface area contributed by atoms with Crippen LogP contribution in [0.3, 0.4) is 0 Å². The SMILES string of the molecule is CC(NC(=O)CCNC(=O)c1ccsc1)c1ccc(-n2cncn2)cc1. The molecule has 8 heteroatoms. The fourth-order valence-corrected chi connectivity index (χ4v) is 3.08. The first-order valence-corrected chi connectivity index (χ1v) is 9.12. The Bertz CT molecular complexity index is 844. The van der Waals surface area contributed by atoms with Gasteiger partial charge in [0, 0.05) is 23.9 Å². The summed E-state index contributed by atoms with van der Waals surface area (Å²) in [6, 6.07) is 9.37. The first-order chi connectivity index (χ1) is 12.6. The van der Waals surface area contributed by atoms with E-state index in [1.165, 1.54) is 17.7 Å². The molecule has 7 nitrogen and oxygen atoms in total. The van der Waals surface area contributed by atoms with Crippen LogP contribution in [0.15, 0.2) is 53.7 Å². The third kappa shape index (κ3) is 4.54. The van der Waals surface area contributed by atoms with Crippen LogP contribution in [0.5, 0.6) is 0 Å². The number of benzene rings is 1. The zero-order chi connectivity index (χ0) is 18.4. The number of aromatic nitrogens is 3. The molecule has 0 saturated heterocycles. The van der Waals surface area contributed by atoms with Crippen LogP contribution in [0, 0.1) is 0 Å². The third-order valence-electron chi connectivity index (χ3n) is 3.87. The molecular formula is C18H19N5O2S. The van der Waals surface area contributed by atoms with Crippen molar-refractivity contribution in [1.82, 2.24) is 25.4 Å². The lowest BCUT2D eigenvalue weighted by atomic mass is 10.1. The molecule has 3 aromatic rings. The van der Waals surface area contributed by atoms with Crippen LogP contribution in [0.1, 0.15) is 35.3 Å². The van der Waals surface area contributed by atoms with Crippen molar-refractivity contribution in [3.63, 3.8) is 0 Å². The molecule has 2 N–H and O–H groups in total. The highest BCUT2D eigenvalue weighted by Gasteiger charge is 2.11. The molecule has 0 fully saturated rings. The molecular weight excluding hydrogens is 350 g/mol. The van der Waals surface area contributed by atoms with Crippen LogP contribution in [0.4, 0.5) is 0 Å². The van der Waals surface area contributed by atoms with Gasteiger partial charge in [-0.15, -0.1) is 0 Å². The Kier molecular flexibility index (Phi) is 5.75. The number of nitrogens with zero attached hydrogens (tertiary/aromatic N) is 3. The fourth-order valence-electron chi connectivity index (χ4n) is 2.44. The van der Waals surface area contributed by atoms with E-state index in [-0.39, 0.29) is 24.3 Å². The van der Waals surface area contributed by atoms with Gasteiger partial charge in [-0.2, -0.15) is 16.4 Å². The summed E-state index contributed by atoms with van der Waals surface area (Å²) in [5.41, 5.74) is 2.52. The van der Waals surface area contributed by atoms with E-state index >= 15 is 0 Å². The van der Waals surface area contributed by atoms with Crippen molar-refractivity contribution >= 4 is 23.2 Å². The Balaban J connectivity index is 1.45. The summed E-state index contributed by atoms with van der Waals surface area (Å²) >= 11 is 1.46. The smallest absolute Gasteiger partial charge is 0.252 e. The number of hydrogen-bond donors (Lipinski definition) is 2. The predicted octanol–water partition coefficient (Wildman–Crippen LogP) is 2.33. The molecule has 2 amide bonds. The molecule has 3 rings (SSSR count). The summed E-state index contributed by atoms with van der Waals surface area (Å²) in [6.07, 6.45) is 3.34. The normalized spacial score (nSPS) is 11.7. The first kappa shape index (κ1) is 17.8. The number of rotatable bonds is 7. The van der Waals surface area contributed by atoms with Crippen molar-refractivity contribution in [3.8, 4) is 5.69 Å². The van der Waals surface area contributed by atoms with Gasteiger partial charge in [0.1, 0.15) is 12.7 Å². The minimum atomic E-state index is -0.157. The molecule has 0 aliphatic carbocycles. The van der Waals surface area contributed by atoms with E-state index in [4.69, 9.17) is 0 Å². The predicted molar refractivity (Wildman–Crippen MR) is 99.2 cm³/mol. The van der Waals surface area contributed by atoms with Crippen molar-refractivity contribution in [2.24, 2.45) is 0 Å². The molecule has 26 heavy (non-hydrogen) atoms. The molecule has 2 aromatic heterocycles. The quantitative estimate of drug-likeness (QED) is 0.669. The largest absolute Gasteiger partial charge is 0.351 e. The average Bonchev–Trinajstić information content (AvgIpc) is 3.35. The van der Waals surface area contributed by atoms with Crippen molar-refractivity contribution in [1.29, 1.82) is 0 Å². The van der Waals surface area contributed by atoms with Gasteiger partial charge in [0.15, 0.2) is 0 Å². The lowest BCUT2D eigenvalue weighted by Gasteiger charge is -2.15. The average molecular weight is 369 g/mol. The highest BCUT2D eigenvalue weighted by atomic mass is 32.1. The van der Waals surface area contributed by atoms with E-state index in [9.17, 15) is 9.59 Å². The third-order valence-corrected chi connectivity index (χ3v) is 4.56. The fraction of sp³-hybridized carbons (Fsp3) is 0.222. The van der Waals surface area contributed by atoms with Gasteiger partial charge in [0.05, 0.1) is 11.7 Å². The highest BCUT2D eigenvalue weighted by Crippen LogP contribution is 2.15. The minimum absolute atomic E-state index is 0.108. The highest BCUT2D eigenvalue weighted by molar-refractivity contribution is 7.08. The van der Waals surface area contributed by atoms with Gasteiger partial charge in [0.25, 0.3) is 5.91 Å². The molecule has 0 saturated carbocycles. The molecule has 0 radical (unpaired) electrons. The maximum absolute atomic E-state index is 12.1. The zero-order valence-corrected chi connectivity index (χ0v) is 15.1. The van der Waals surface area contributed by atoms with Crippen molar-refractivity contribution in [2.45, 2.75) is 19.4 Å². The molecule has 2 heterocycles. The van der Waals surface area contributed by atoms with Crippen LogP contribution in [0.2, 0.25) is 0 Å². The van der Waals surface area contributed by atoms with E-state index in [1.54, 1.807) is 22.5 Å². The maximum Gasteiger partial charge on any atom is 0.252 e. The maximum atomic E-state index is 12.1. The molecule has 1 unspecified atom stereocenters. The van der Waals surface area contributed by atoms with Crippen molar-refractivity contribution in [2.75, 3.05) is 6.54 Å². The number of nitrogens with one attached hydrogen (secondary N) is 2. The lowest BCUT2D eigenvalue weighted by Crippen LogP contribution is -2.31. The number of amides is 2. The van der Waals surface area contributed by atoms with Crippen LogP contribution < -0.4 is 10.6 Å². The monoisotopic (exact) mass is 369 g/mol. The van der Waals surface area contributed by atoms with Gasteiger partial charge >= 0.3 is 0 Å². The van der Waals surface area contributed by atoms with Gasteiger partial charge in [-0.05, 0) is 36.1 Å². The molecule has 134 valence electrons. The molecule has 1 aromatic carbocycles. The Morgan fingerprint density at radius 1 is 1.23 bits per heavy atom. The summed E-state index contributed by atoms with van der Waals surface area (Å²) < 4.78 is 1.67. The van der Waals surface area contributed by atoms with E-state index in [2.05, 4.69) is 20.7 Å². The molecule has 0 aliphatic heterocycles. The van der Waals surface area contributed by atoms with Crippen LogP contribution in [0.25, 0.3) is 5.69 Å². The van der Waals surface area contributed by atoms with Crippen LogP contribution in [-0.2, 0) is 4.79 Å². The topological polar surface area (TPSA) is 88.9 Å². The van der Waals surface area contributed by atoms with Gasteiger partial charge in [0.2, 0.25) is 5.91 Å². The summed E-state index contributed by atoms with van der Waals surface area (Å²) in [5, 5.41) is 13.4. The second kappa shape index (κ2) is 8.39. The Labute approximate surface area is 155 Å². The number of carbonyl (C=O) groups excluding carboxylic acids is 2. The second-order valence-electron chi connectivity index (χ2n) is 5.74. The van der Waals surface area contributed by atoms with Crippen molar-refractivity contribution < 1.29 is 9.59 Å². The second-order valence-corrected chi connectivity index (χ2v) is 6.52. The van der Waals surface area contributed by atoms with E-state index < -0.39 is 0 Å². The van der Waals surface area contributed by atoms with Gasteiger partial charge < -0.3 is 10.6 Å². The summed E-state index contributed by atoms with van der Waals surface area (Å²) in [6.45, 7) is 2.23. The summed E-state index contributed by atoms with van der Waals surface area (Å²) in [4.78, 5) is 27.8. The first-order valence-electron chi connectivity index (χ1n) is 8.18. The standard InChI is InChI=1S/C18H19N5O2S/c1-13(14-2-4-16(5-3-14)23-12-19-11-21-23)22-17(24)6-8-20-18(25)15-7-9-26-10-15/h2-5,7,9-13H,6,8H2,1H3,(H,20,25)(H,22,24). The van der Waals surface area contributed by atoms with Crippen molar-refractivity contribution in [3.05, 3.63) is 64.9 Å². The summed E-state index contributed by atoms with van der Waals surface area (Å²) in [7, 11) is 0. The zero-order valence-electron chi connectivity index (χ0n) is 14.3. The molecule has 0 spiro atoms. The molecule has 0 aliphatic rings. The molecule has 0 bridgehead atoms. The Morgan fingerprint density at radius 3 is 2.69 bits per heavy atom. The van der Waals surface area contributed by atoms with Gasteiger partial charge in [-0.25, -0.2) is 9.67 Å². The van der Waals surface area contributed by atoms with E-state index in [0.29, 0.717) is 12.1 Å². The Morgan fingerprint density at radius 2 is 2.04 bits per heavy atom. The van der Waals surface area contributed by atoms with E-state index in [1.807, 2.05) is 36.6 Å². The number of carbonyl (C=O) groups is 2. The Hall–Kier alpha value is -3.00. The van der Waals surface area contributed by atoms with E-state index in [0.717, 1.165) is 11.3 Å². The number of hydrogen-bond acceptors (Lipinski definition) is 5. The van der Waals surface area contributed by atoms with Crippen LogP contribution >= 0.6 is 11.3 Å².